The SMILES string of the molecule is CC(C)NCc1cc(Oc2ccc(F)cc2Cl)ccn1. The summed E-state index contributed by atoms with van der Waals surface area (Å²) in [7, 11) is 0. The number of nitrogens with one attached hydrogen (secondary N) is 1. The lowest BCUT2D eigenvalue weighted by molar-refractivity contribution is 0.478. The van der Waals surface area contributed by atoms with Crippen LogP contribution in [0.3, 0.4) is 0 Å². The Hall–Kier alpha value is -1.65. The Balaban J connectivity index is 2.11. The molecule has 0 saturated heterocycles. The zero-order valence-corrected chi connectivity index (χ0v) is 12.1. The lowest BCUT2D eigenvalue weighted by Gasteiger charge is -2.10. The van der Waals surface area contributed by atoms with E-state index in [1.54, 1.807) is 12.3 Å². The van der Waals surface area contributed by atoms with Crippen LogP contribution in [0.15, 0.2) is 36.5 Å². The molecule has 1 aromatic carbocycles. The van der Waals surface area contributed by atoms with Crippen LogP contribution < -0.4 is 10.1 Å². The molecule has 1 heterocycles. The Labute approximate surface area is 122 Å². The fourth-order valence-corrected chi connectivity index (χ4v) is 1.82. The zero-order chi connectivity index (χ0) is 14.5. The number of halogens is 2. The summed E-state index contributed by atoms with van der Waals surface area (Å²) in [4.78, 5) is 4.25. The first kappa shape index (κ1) is 14.8. The molecule has 2 aromatic rings. The number of ether oxygens (including phenoxy) is 1. The number of hydrogen-bond acceptors (Lipinski definition) is 3. The number of nitrogens with zero attached hydrogens (tertiary/aromatic N) is 1. The minimum atomic E-state index is -0.390. The van der Waals surface area contributed by atoms with Crippen LogP contribution in [0, 0.1) is 5.82 Å². The van der Waals surface area contributed by atoms with Gasteiger partial charge in [-0.1, -0.05) is 25.4 Å². The molecule has 0 aliphatic heterocycles. The highest BCUT2D eigenvalue weighted by Crippen LogP contribution is 2.29. The summed E-state index contributed by atoms with van der Waals surface area (Å²) in [6.45, 7) is 4.79. The molecule has 0 unspecified atom stereocenters. The third-order valence-electron chi connectivity index (χ3n) is 2.60. The van der Waals surface area contributed by atoms with E-state index in [0.29, 0.717) is 24.1 Å². The molecule has 0 aliphatic rings. The van der Waals surface area contributed by atoms with Gasteiger partial charge in [0.05, 0.1) is 10.7 Å². The van der Waals surface area contributed by atoms with Gasteiger partial charge in [-0.15, -0.1) is 0 Å². The molecule has 20 heavy (non-hydrogen) atoms. The van der Waals surface area contributed by atoms with Gasteiger partial charge >= 0.3 is 0 Å². The first-order chi connectivity index (χ1) is 9.54. The highest BCUT2D eigenvalue weighted by molar-refractivity contribution is 6.32. The normalized spacial score (nSPS) is 10.8. The van der Waals surface area contributed by atoms with Crippen molar-refractivity contribution in [1.82, 2.24) is 10.3 Å². The van der Waals surface area contributed by atoms with Crippen molar-refractivity contribution in [3.8, 4) is 11.5 Å². The lowest BCUT2D eigenvalue weighted by Crippen LogP contribution is -2.22. The third-order valence-corrected chi connectivity index (χ3v) is 2.90. The predicted octanol–water partition coefficient (Wildman–Crippen LogP) is 4.16. The molecule has 1 N–H and O–H groups in total. The highest BCUT2D eigenvalue weighted by atomic mass is 35.5. The van der Waals surface area contributed by atoms with Gasteiger partial charge in [-0.2, -0.15) is 0 Å². The van der Waals surface area contributed by atoms with Crippen LogP contribution >= 0.6 is 11.6 Å². The molecule has 0 fully saturated rings. The van der Waals surface area contributed by atoms with Crippen LogP contribution in [0.4, 0.5) is 4.39 Å². The van der Waals surface area contributed by atoms with E-state index >= 15 is 0 Å². The average Bonchev–Trinajstić information content (AvgIpc) is 2.40. The van der Waals surface area contributed by atoms with Crippen molar-refractivity contribution >= 4 is 11.6 Å². The maximum absolute atomic E-state index is 13.0. The van der Waals surface area contributed by atoms with Crippen molar-refractivity contribution in [2.45, 2.75) is 26.4 Å². The second kappa shape index (κ2) is 6.68. The number of benzene rings is 1. The van der Waals surface area contributed by atoms with E-state index in [1.165, 1.54) is 18.2 Å². The summed E-state index contributed by atoms with van der Waals surface area (Å²) >= 11 is 5.93. The topological polar surface area (TPSA) is 34.1 Å². The summed E-state index contributed by atoms with van der Waals surface area (Å²) in [5, 5.41) is 3.52. The molecule has 0 spiro atoms. The standard InChI is InChI=1S/C15H16ClFN2O/c1-10(2)19-9-12-8-13(5-6-18-12)20-15-4-3-11(17)7-14(15)16/h3-8,10,19H,9H2,1-2H3. The minimum Gasteiger partial charge on any atom is -0.456 e. The first-order valence-corrected chi connectivity index (χ1v) is 6.73. The smallest absolute Gasteiger partial charge is 0.146 e. The van der Waals surface area contributed by atoms with Gasteiger partial charge in [-0.3, -0.25) is 4.98 Å². The number of hydrogen-bond donors (Lipinski definition) is 1. The number of aromatic nitrogens is 1. The Bertz CT molecular complexity index is 590. The van der Waals surface area contributed by atoms with Crippen molar-refractivity contribution in [3.63, 3.8) is 0 Å². The molecular weight excluding hydrogens is 279 g/mol. The van der Waals surface area contributed by atoms with E-state index in [0.717, 1.165) is 5.69 Å². The minimum absolute atomic E-state index is 0.240. The van der Waals surface area contributed by atoms with Crippen LogP contribution in [0.2, 0.25) is 5.02 Å². The van der Waals surface area contributed by atoms with Gasteiger partial charge in [0.1, 0.15) is 17.3 Å². The maximum Gasteiger partial charge on any atom is 0.146 e. The molecule has 3 nitrogen and oxygen atoms in total. The van der Waals surface area contributed by atoms with E-state index in [2.05, 4.69) is 24.1 Å². The van der Waals surface area contributed by atoms with Gasteiger partial charge in [0, 0.05) is 24.8 Å². The molecule has 0 aliphatic carbocycles. The van der Waals surface area contributed by atoms with Crippen molar-refractivity contribution < 1.29 is 9.13 Å². The Morgan fingerprint density at radius 3 is 2.80 bits per heavy atom. The Morgan fingerprint density at radius 1 is 1.30 bits per heavy atom. The fourth-order valence-electron chi connectivity index (χ4n) is 1.61. The van der Waals surface area contributed by atoms with Crippen molar-refractivity contribution in [1.29, 1.82) is 0 Å². The molecule has 0 radical (unpaired) electrons. The number of pyridine rings is 1. The van der Waals surface area contributed by atoms with E-state index in [9.17, 15) is 4.39 Å². The Morgan fingerprint density at radius 2 is 2.10 bits per heavy atom. The van der Waals surface area contributed by atoms with Crippen LogP contribution in [0.25, 0.3) is 0 Å². The molecule has 0 amide bonds. The molecule has 0 bridgehead atoms. The van der Waals surface area contributed by atoms with Crippen LogP contribution in [0.5, 0.6) is 11.5 Å². The van der Waals surface area contributed by atoms with Crippen molar-refractivity contribution in [2.24, 2.45) is 0 Å². The number of rotatable bonds is 5. The van der Waals surface area contributed by atoms with Gasteiger partial charge in [0.25, 0.3) is 0 Å². The zero-order valence-electron chi connectivity index (χ0n) is 11.4. The molecule has 106 valence electrons. The maximum atomic E-state index is 13.0. The summed E-state index contributed by atoms with van der Waals surface area (Å²) in [5.74, 6) is 0.648. The van der Waals surface area contributed by atoms with Crippen molar-refractivity contribution in [2.75, 3.05) is 0 Å². The lowest BCUT2D eigenvalue weighted by atomic mass is 10.3. The molecule has 0 saturated carbocycles. The fraction of sp³-hybridized carbons (Fsp3) is 0.267. The summed E-state index contributed by atoms with van der Waals surface area (Å²) in [6.07, 6.45) is 1.67. The second-order valence-corrected chi connectivity index (χ2v) is 5.10. The summed E-state index contributed by atoms with van der Waals surface area (Å²) in [6, 6.07) is 7.98. The van der Waals surface area contributed by atoms with E-state index in [-0.39, 0.29) is 10.8 Å². The molecule has 0 atom stereocenters. The Kier molecular flexibility index (Phi) is 4.93. The van der Waals surface area contributed by atoms with Crippen molar-refractivity contribution in [3.05, 3.63) is 53.1 Å². The second-order valence-electron chi connectivity index (χ2n) is 4.70. The predicted molar refractivity (Wildman–Crippen MR) is 77.7 cm³/mol. The average molecular weight is 295 g/mol. The largest absolute Gasteiger partial charge is 0.456 e. The summed E-state index contributed by atoms with van der Waals surface area (Å²) in [5.41, 5.74) is 0.870. The van der Waals surface area contributed by atoms with Crippen LogP contribution in [0.1, 0.15) is 19.5 Å². The highest BCUT2D eigenvalue weighted by Gasteiger charge is 2.06. The molecule has 5 heteroatoms. The molecular formula is C15H16ClFN2O. The monoisotopic (exact) mass is 294 g/mol. The van der Waals surface area contributed by atoms with E-state index < -0.39 is 0 Å². The first-order valence-electron chi connectivity index (χ1n) is 6.36. The summed E-state index contributed by atoms with van der Waals surface area (Å²) < 4.78 is 18.6. The van der Waals surface area contributed by atoms with E-state index in [1.807, 2.05) is 6.07 Å². The van der Waals surface area contributed by atoms with Crippen LogP contribution in [-0.2, 0) is 6.54 Å². The van der Waals surface area contributed by atoms with Crippen LogP contribution in [-0.4, -0.2) is 11.0 Å². The van der Waals surface area contributed by atoms with Gasteiger partial charge in [0.15, 0.2) is 0 Å². The third kappa shape index (κ3) is 4.18. The van der Waals surface area contributed by atoms with Gasteiger partial charge in [-0.25, -0.2) is 4.39 Å². The van der Waals surface area contributed by atoms with E-state index in [4.69, 9.17) is 16.3 Å². The van der Waals surface area contributed by atoms with Gasteiger partial charge in [-0.05, 0) is 24.3 Å². The molecule has 1 aromatic heterocycles. The van der Waals surface area contributed by atoms with Gasteiger partial charge in [0.2, 0.25) is 0 Å². The van der Waals surface area contributed by atoms with Gasteiger partial charge < -0.3 is 10.1 Å². The quantitative estimate of drug-likeness (QED) is 0.899. The molecule has 2 rings (SSSR count).